The minimum atomic E-state index is -0.489. The van der Waals surface area contributed by atoms with E-state index in [4.69, 9.17) is 4.74 Å². The number of aryl methyl sites for hydroxylation is 2. The van der Waals surface area contributed by atoms with Gasteiger partial charge in [0.2, 0.25) is 5.91 Å². The van der Waals surface area contributed by atoms with Crippen LogP contribution in [0.25, 0.3) is 0 Å². The van der Waals surface area contributed by atoms with Gasteiger partial charge in [-0.1, -0.05) is 12.1 Å². The summed E-state index contributed by atoms with van der Waals surface area (Å²) in [7, 11) is 0. The molecule has 2 amide bonds. The number of hydrogen-bond acceptors (Lipinski definition) is 6. The van der Waals surface area contributed by atoms with Gasteiger partial charge in [0.1, 0.15) is 5.60 Å². The molecule has 152 valence electrons. The lowest BCUT2D eigenvalue weighted by atomic mass is 10.1. The fourth-order valence-electron chi connectivity index (χ4n) is 2.38. The summed E-state index contributed by atoms with van der Waals surface area (Å²) < 4.78 is 5.19. The van der Waals surface area contributed by atoms with Gasteiger partial charge < -0.3 is 20.7 Å². The maximum Gasteiger partial charge on any atom is 0.407 e. The molecule has 2 rings (SSSR count). The molecule has 2 aromatic rings. The van der Waals surface area contributed by atoms with E-state index in [2.05, 4.69) is 33.1 Å². The highest BCUT2D eigenvalue weighted by atomic mass is 32.1. The Balaban J connectivity index is 1.69. The largest absolute Gasteiger partial charge is 0.444 e. The highest BCUT2D eigenvalue weighted by molar-refractivity contribution is 7.13. The molecule has 1 heterocycles. The summed E-state index contributed by atoms with van der Waals surface area (Å²) in [4.78, 5) is 27.0. The maximum absolute atomic E-state index is 11.6. The first-order valence-corrected chi connectivity index (χ1v) is 10.1. The molecule has 0 aliphatic heterocycles. The molecule has 8 heteroatoms. The molecule has 0 saturated carbocycles. The van der Waals surface area contributed by atoms with Crippen molar-refractivity contribution < 1.29 is 14.3 Å². The van der Waals surface area contributed by atoms with Gasteiger partial charge >= 0.3 is 6.09 Å². The summed E-state index contributed by atoms with van der Waals surface area (Å²) in [5, 5.41) is 11.3. The molecular weight excluding hydrogens is 376 g/mol. The van der Waals surface area contributed by atoms with E-state index in [1.165, 1.54) is 23.8 Å². The number of benzene rings is 1. The minimum Gasteiger partial charge on any atom is -0.444 e. The van der Waals surface area contributed by atoms with E-state index in [0.29, 0.717) is 18.2 Å². The van der Waals surface area contributed by atoms with Crippen LogP contribution in [0.4, 0.5) is 15.6 Å². The second-order valence-corrected chi connectivity index (χ2v) is 8.24. The molecule has 0 fully saturated rings. The monoisotopic (exact) mass is 404 g/mol. The van der Waals surface area contributed by atoms with Crippen molar-refractivity contribution in [2.75, 3.05) is 23.7 Å². The Hall–Kier alpha value is -2.61. The van der Waals surface area contributed by atoms with Crippen LogP contribution >= 0.6 is 11.3 Å². The third kappa shape index (κ3) is 8.39. The average Bonchev–Trinajstić information content (AvgIpc) is 3.03. The van der Waals surface area contributed by atoms with Crippen molar-refractivity contribution in [3.8, 4) is 0 Å². The Morgan fingerprint density at radius 2 is 1.82 bits per heavy atom. The van der Waals surface area contributed by atoms with Crippen molar-refractivity contribution >= 4 is 34.2 Å². The predicted octanol–water partition coefficient (Wildman–Crippen LogP) is 3.82. The van der Waals surface area contributed by atoms with Crippen LogP contribution in [0.5, 0.6) is 0 Å². The second-order valence-electron chi connectivity index (χ2n) is 7.38. The summed E-state index contributed by atoms with van der Waals surface area (Å²) in [6.45, 7) is 8.08. The summed E-state index contributed by atoms with van der Waals surface area (Å²) in [5.74, 6) is -0.106. The SMILES string of the molecule is CC(=O)Nc1nc(CCc2ccc(NCCNC(=O)OC(C)(C)C)cc2)cs1. The molecule has 28 heavy (non-hydrogen) atoms. The van der Waals surface area contributed by atoms with Crippen LogP contribution in [0.2, 0.25) is 0 Å². The zero-order valence-electron chi connectivity index (χ0n) is 16.8. The molecule has 0 aliphatic rings. The Bertz CT molecular complexity index is 781. The third-order valence-corrected chi connectivity index (χ3v) is 4.39. The smallest absolute Gasteiger partial charge is 0.407 e. The highest BCUT2D eigenvalue weighted by Gasteiger charge is 2.15. The van der Waals surface area contributed by atoms with Gasteiger partial charge in [-0.05, 0) is 51.3 Å². The number of anilines is 2. The number of thiazole rings is 1. The molecule has 0 atom stereocenters. The van der Waals surface area contributed by atoms with Crippen LogP contribution in [0.1, 0.15) is 39.0 Å². The third-order valence-electron chi connectivity index (χ3n) is 3.58. The second kappa shape index (κ2) is 10.1. The first-order chi connectivity index (χ1) is 13.2. The summed E-state index contributed by atoms with van der Waals surface area (Å²) in [5.41, 5.74) is 2.70. The fraction of sp³-hybridized carbons (Fsp3) is 0.450. The fourth-order valence-corrected chi connectivity index (χ4v) is 3.17. The van der Waals surface area contributed by atoms with Gasteiger partial charge in [0.25, 0.3) is 0 Å². The van der Waals surface area contributed by atoms with Gasteiger partial charge in [0.05, 0.1) is 5.69 Å². The van der Waals surface area contributed by atoms with Gasteiger partial charge in [-0.3, -0.25) is 4.79 Å². The zero-order chi connectivity index (χ0) is 20.6. The van der Waals surface area contributed by atoms with E-state index in [9.17, 15) is 9.59 Å². The Kier molecular flexibility index (Phi) is 7.80. The number of carbonyl (C=O) groups is 2. The molecule has 1 aromatic carbocycles. The molecule has 0 aliphatic carbocycles. The van der Waals surface area contributed by atoms with E-state index >= 15 is 0 Å². The van der Waals surface area contributed by atoms with Crippen molar-refractivity contribution in [2.45, 2.75) is 46.1 Å². The first-order valence-electron chi connectivity index (χ1n) is 9.23. The highest BCUT2D eigenvalue weighted by Crippen LogP contribution is 2.17. The zero-order valence-corrected chi connectivity index (χ0v) is 17.6. The quantitative estimate of drug-likeness (QED) is 0.582. The number of hydrogen-bond donors (Lipinski definition) is 3. The summed E-state index contributed by atoms with van der Waals surface area (Å²) >= 11 is 1.44. The minimum absolute atomic E-state index is 0.106. The molecule has 0 bridgehead atoms. The lowest BCUT2D eigenvalue weighted by molar-refractivity contribution is -0.114. The van der Waals surface area contributed by atoms with Crippen LogP contribution in [0, 0.1) is 0 Å². The molecule has 7 nitrogen and oxygen atoms in total. The van der Waals surface area contributed by atoms with E-state index < -0.39 is 11.7 Å². The number of amides is 2. The van der Waals surface area contributed by atoms with Crippen molar-refractivity contribution in [3.63, 3.8) is 0 Å². The molecule has 0 radical (unpaired) electrons. The number of ether oxygens (including phenoxy) is 1. The van der Waals surface area contributed by atoms with Crippen molar-refractivity contribution in [3.05, 3.63) is 40.9 Å². The number of aromatic nitrogens is 1. The molecule has 0 unspecified atom stereocenters. The van der Waals surface area contributed by atoms with Crippen LogP contribution in [-0.4, -0.2) is 35.7 Å². The molecule has 3 N–H and O–H groups in total. The van der Waals surface area contributed by atoms with Crippen LogP contribution in [0.15, 0.2) is 29.6 Å². The molecular formula is C20H28N4O3S. The number of carbonyl (C=O) groups excluding carboxylic acids is 2. The van der Waals surface area contributed by atoms with Gasteiger partial charge in [-0.25, -0.2) is 9.78 Å². The molecule has 1 aromatic heterocycles. The number of nitrogens with zero attached hydrogens (tertiary/aromatic N) is 1. The number of alkyl carbamates (subject to hydrolysis) is 1. The van der Waals surface area contributed by atoms with Crippen LogP contribution in [-0.2, 0) is 22.4 Å². The van der Waals surface area contributed by atoms with Crippen molar-refractivity contribution in [1.82, 2.24) is 10.3 Å². The van der Waals surface area contributed by atoms with Gasteiger partial charge in [0.15, 0.2) is 5.13 Å². The number of rotatable bonds is 8. The topological polar surface area (TPSA) is 92.4 Å². The Morgan fingerprint density at radius 1 is 1.11 bits per heavy atom. The van der Waals surface area contributed by atoms with E-state index in [1.54, 1.807) is 0 Å². The van der Waals surface area contributed by atoms with Gasteiger partial charge in [-0.2, -0.15) is 0 Å². The number of nitrogens with one attached hydrogen (secondary N) is 3. The van der Waals surface area contributed by atoms with Gasteiger partial charge in [0, 0.05) is 31.1 Å². The Labute approximate surface area is 169 Å². The van der Waals surface area contributed by atoms with Crippen molar-refractivity contribution in [2.24, 2.45) is 0 Å². The lowest BCUT2D eigenvalue weighted by Crippen LogP contribution is -2.34. The first kappa shape index (κ1) is 21.7. The van der Waals surface area contributed by atoms with E-state index in [-0.39, 0.29) is 5.91 Å². The lowest BCUT2D eigenvalue weighted by Gasteiger charge is -2.19. The normalized spacial score (nSPS) is 11.0. The summed E-state index contributed by atoms with van der Waals surface area (Å²) in [6, 6.07) is 8.19. The Morgan fingerprint density at radius 3 is 2.46 bits per heavy atom. The van der Waals surface area contributed by atoms with Crippen LogP contribution < -0.4 is 16.0 Å². The van der Waals surface area contributed by atoms with Crippen molar-refractivity contribution in [1.29, 1.82) is 0 Å². The molecule has 0 spiro atoms. The van der Waals surface area contributed by atoms with Crippen LogP contribution in [0.3, 0.4) is 0 Å². The predicted molar refractivity (Wildman–Crippen MR) is 113 cm³/mol. The summed E-state index contributed by atoms with van der Waals surface area (Å²) in [6.07, 6.45) is 1.29. The van der Waals surface area contributed by atoms with E-state index in [0.717, 1.165) is 24.2 Å². The maximum atomic E-state index is 11.6. The standard InChI is InChI=1S/C20H28N4O3S/c1-14(25)23-18-24-17(13-28-18)10-7-15-5-8-16(9-6-15)21-11-12-22-19(26)27-20(2,3)4/h5-6,8-9,13,21H,7,10-12H2,1-4H3,(H,22,26)(H,23,24,25). The van der Waals surface area contributed by atoms with E-state index in [1.807, 2.05) is 38.3 Å². The molecule has 0 saturated heterocycles. The average molecular weight is 405 g/mol. The van der Waals surface area contributed by atoms with Gasteiger partial charge in [-0.15, -0.1) is 11.3 Å².